The Bertz CT molecular complexity index is 1110. The third kappa shape index (κ3) is 3.85. The van der Waals surface area contributed by atoms with Gasteiger partial charge in [0, 0.05) is 27.7 Å². The minimum atomic E-state index is -1.03. The van der Waals surface area contributed by atoms with E-state index in [1.807, 2.05) is 6.92 Å². The van der Waals surface area contributed by atoms with Crippen molar-refractivity contribution < 1.29 is 24.2 Å². The molecule has 7 heteroatoms. The number of fused-ring (bicyclic) bond motifs is 1. The van der Waals surface area contributed by atoms with Gasteiger partial charge in [-0.2, -0.15) is 0 Å². The molecule has 0 bridgehead atoms. The van der Waals surface area contributed by atoms with Gasteiger partial charge >= 0.3 is 5.97 Å². The van der Waals surface area contributed by atoms with E-state index in [9.17, 15) is 24.2 Å². The lowest BCUT2D eigenvalue weighted by Crippen LogP contribution is -2.16. The maximum atomic E-state index is 14.1. The normalized spacial score (nSPS) is 12.3. The Hall–Kier alpha value is -2.86. The predicted molar refractivity (Wildman–Crippen MR) is 109 cm³/mol. The summed E-state index contributed by atoms with van der Waals surface area (Å²) in [5.41, 5.74) is 1.31. The fourth-order valence-electron chi connectivity index (χ4n) is 3.70. The van der Waals surface area contributed by atoms with Crippen LogP contribution in [0, 0.1) is 12.7 Å². The Balaban J connectivity index is 2.30. The van der Waals surface area contributed by atoms with Gasteiger partial charge in [0.2, 0.25) is 0 Å². The zero-order valence-corrected chi connectivity index (χ0v) is 16.8. The van der Waals surface area contributed by atoms with Crippen LogP contribution in [0.15, 0.2) is 36.4 Å². The molecule has 0 saturated carbocycles. The van der Waals surface area contributed by atoms with Crippen molar-refractivity contribution in [2.45, 2.75) is 39.0 Å². The molecule has 29 heavy (non-hydrogen) atoms. The standard InChI is InChI=1S/C22H21ClFNO4/c1-3-4-8-15(22(28)29)20-12(2)25(18-11-17(24)19(26)10-16(18)20)21(27)13-6-5-7-14(23)9-13/h5-7,9-11,15,26H,3-4,8H2,1-2H3,(H,28,29)/t15-/m0/s1. The topological polar surface area (TPSA) is 79.5 Å². The number of carboxylic acids is 1. The second kappa shape index (κ2) is 8.25. The molecule has 0 aliphatic heterocycles. The largest absolute Gasteiger partial charge is 0.505 e. The van der Waals surface area contributed by atoms with Crippen LogP contribution in [0.2, 0.25) is 5.02 Å². The van der Waals surface area contributed by atoms with Crippen molar-refractivity contribution in [1.82, 2.24) is 4.57 Å². The number of phenols is 1. The zero-order valence-electron chi connectivity index (χ0n) is 16.1. The molecular formula is C22H21ClFNO4. The predicted octanol–water partition coefficient (Wildman–Crippen LogP) is 5.49. The van der Waals surface area contributed by atoms with Crippen LogP contribution >= 0.6 is 11.6 Å². The molecule has 0 fully saturated rings. The molecule has 1 heterocycles. The highest BCUT2D eigenvalue weighted by Gasteiger charge is 2.30. The first-order valence-corrected chi connectivity index (χ1v) is 9.70. The van der Waals surface area contributed by atoms with Crippen molar-refractivity contribution in [3.05, 3.63) is 64.1 Å². The molecule has 0 radical (unpaired) electrons. The Morgan fingerprint density at radius 1 is 1.24 bits per heavy atom. The van der Waals surface area contributed by atoms with E-state index in [1.165, 1.54) is 16.7 Å². The summed E-state index contributed by atoms with van der Waals surface area (Å²) in [6.45, 7) is 3.59. The first kappa shape index (κ1) is 20.9. The van der Waals surface area contributed by atoms with Crippen LogP contribution in [-0.2, 0) is 4.79 Å². The summed E-state index contributed by atoms with van der Waals surface area (Å²) in [7, 11) is 0. The van der Waals surface area contributed by atoms with Crippen LogP contribution in [-0.4, -0.2) is 26.7 Å². The van der Waals surface area contributed by atoms with Gasteiger partial charge in [0.15, 0.2) is 11.6 Å². The van der Waals surface area contributed by atoms with Gasteiger partial charge in [-0.15, -0.1) is 0 Å². The van der Waals surface area contributed by atoms with Gasteiger partial charge in [0.25, 0.3) is 5.91 Å². The second-order valence-electron chi connectivity index (χ2n) is 7.00. The molecule has 0 aliphatic carbocycles. The summed E-state index contributed by atoms with van der Waals surface area (Å²) < 4.78 is 15.4. The molecular weight excluding hydrogens is 397 g/mol. The summed E-state index contributed by atoms with van der Waals surface area (Å²) in [6, 6.07) is 8.59. The van der Waals surface area contributed by atoms with Crippen LogP contribution in [0.5, 0.6) is 5.75 Å². The molecule has 0 unspecified atom stereocenters. The van der Waals surface area contributed by atoms with E-state index in [-0.39, 0.29) is 11.1 Å². The lowest BCUT2D eigenvalue weighted by molar-refractivity contribution is -0.139. The monoisotopic (exact) mass is 417 g/mol. The van der Waals surface area contributed by atoms with Gasteiger partial charge in [0.1, 0.15) is 0 Å². The number of rotatable bonds is 6. The van der Waals surface area contributed by atoms with Crippen LogP contribution in [0.4, 0.5) is 4.39 Å². The molecule has 3 aromatic rings. The van der Waals surface area contributed by atoms with Crippen LogP contribution in [0.1, 0.15) is 53.7 Å². The van der Waals surface area contributed by atoms with Crippen molar-refractivity contribution >= 4 is 34.4 Å². The van der Waals surface area contributed by atoms with Crippen LogP contribution in [0.3, 0.4) is 0 Å². The first-order chi connectivity index (χ1) is 13.8. The van der Waals surface area contributed by atoms with Crippen LogP contribution in [0.25, 0.3) is 10.9 Å². The van der Waals surface area contributed by atoms with Gasteiger partial charge in [0.05, 0.1) is 11.4 Å². The van der Waals surface area contributed by atoms with E-state index in [0.29, 0.717) is 34.5 Å². The van der Waals surface area contributed by atoms with Gasteiger partial charge in [-0.25, -0.2) is 4.39 Å². The quantitative estimate of drug-likeness (QED) is 0.555. The van der Waals surface area contributed by atoms with Gasteiger partial charge in [-0.1, -0.05) is 37.4 Å². The fraction of sp³-hybridized carbons (Fsp3) is 0.273. The highest BCUT2D eigenvalue weighted by molar-refractivity contribution is 6.31. The van der Waals surface area contributed by atoms with E-state index >= 15 is 0 Å². The van der Waals surface area contributed by atoms with Crippen LogP contribution < -0.4 is 0 Å². The number of unbranched alkanes of at least 4 members (excludes halogenated alkanes) is 1. The Kier molecular flexibility index (Phi) is 5.94. The first-order valence-electron chi connectivity index (χ1n) is 9.32. The molecule has 2 aromatic carbocycles. The number of hydrogen-bond acceptors (Lipinski definition) is 3. The number of carbonyl (C=O) groups is 2. The van der Waals surface area contributed by atoms with Crippen molar-refractivity contribution in [2.24, 2.45) is 0 Å². The lowest BCUT2D eigenvalue weighted by Gasteiger charge is -2.13. The van der Waals surface area contributed by atoms with Crippen molar-refractivity contribution in [2.75, 3.05) is 0 Å². The Morgan fingerprint density at radius 3 is 2.59 bits per heavy atom. The molecule has 0 amide bonds. The summed E-state index contributed by atoms with van der Waals surface area (Å²) in [5.74, 6) is -3.84. The number of aliphatic carboxylic acids is 1. The molecule has 5 nitrogen and oxygen atoms in total. The second-order valence-corrected chi connectivity index (χ2v) is 7.44. The average molecular weight is 418 g/mol. The SMILES string of the molecule is CCCC[C@H](C(=O)O)c1c(C)n(C(=O)c2cccc(Cl)c2)c2cc(F)c(O)cc12. The summed E-state index contributed by atoms with van der Waals surface area (Å²) in [4.78, 5) is 25.2. The number of phenolic OH excluding ortho intramolecular Hbond substituents is 1. The molecule has 0 spiro atoms. The number of benzene rings is 2. The molecule has 1 aromatic heterocycles. The summed E-state index contributed by atoms with van der Waals surface area (Å²) in [5, 5.41) is 20.4. The Labute approximate surface area is 172 Å². The molecule has 3 rings (SSSR count). The lowest BCUT2D eigenvalue weighted by atomic mass is 9.91. The molecule has 0 saturated heterocycles. The Morgan fingerprint density at radius 2 is 1.97 bits per heavy atom. The number of hydrogen-bond donors (Lipinski definition) is 2. The number of aromatic nitrogens is 1. The molecule has 1 atom stereocenters. The van der Waals surface area contributed by atoms with E-state index in [4.69, 9.17) is 11.6 Å². The highest BCUT2D eigenvalue weighted by atomic mass is 35.5. The van der Waals surface area contributed by atoms with Gasteiger partial charge in [-0.3, -0.25) is 14.2 Å². The molecule has 152 valence electrons. The minimum Gasteiger partial charge on any atom is -0.505 e. The zero-order chi connectivity index (χ0) is 21.3. The third-order valence-electron chi connectivity index (χ3n) is 5.09. The number of nitrogens with zero attached hydrogens (tertiary/aromatic N) is 1. The van der Waals surface area contributed by atoms with E-state index in [0.717, 1.165) is 12.5 Å². The van der Waals surface area contributed by atoms with Crippen molar-refractivity contribution in [3.63, 3.8) is 0 Å². The number of aromatic hydroxyl groups is 1. The highest BCUT2D eigenvalue weighted by Crippen LogP contribution is 2.38. The fourth-order valence-corrected chi connectivity index (χ4v) is 3.89. The van der Waals surface area contributed by atoms with E-state index in [1.54, 1.807) is 25.1 Å². The van der Waals surface area contributed by atoms with E-state index < -0.39 is 29.4 Å². The van der Waals surface area contributed by atoms with Gasteiger partial charge < -0.3 is 10.2 Å². The maximum absolute atomic E-state index is 14.1. The number of carbonyl (C=O) groups excluding carboxylic acids is 1. The molecule has 0 aliphatic rings. The maximum Gasteiger partial charge on any atom is 0.311 e. The third-order valence-corrected chi connectivity index (χ3v) is 5.32. The van der Waals surface area contributed by atoms with Crippen molar-refractivity contribution in [3.8, 4) is 5.75 Å². The summed E-state index contributed by atoms with van der Waals surface area (Å²) in [6.07, 6.45) is 1.86. The number of carboxylic acid groups (broad SMARTS) is 1. The molecule has 2 N–H and O–H groups in total. The smallest absolute Gasteiger partial charge is 0.311 e. The minimum absolute atomic E-state index is 0.209. The summed E-state index contributed by atoms with van der Waals surface area (Å²) >= 11 is 6.00. The average Bonchev–Trinajstić information content (AvgIpc) is 2.93. The van der Waals surface area contributed by atoms with E-state index in [2.05, 4.69) is 0 Å². The number of halogens is 2. The van der Waals surface area contributed by atoms with Gasteiger partial charge in [-0.05, 0) is 43.2 Å². The van der Waals surface area contributed by atoms with Crippen molar-refractivity contribution in [1.29, 1.82) is 0 Å².